The predicted molar refractivity (Wildman–Crippen MR) is 88.1 cm³/mol. The van der Waals surface area contributed by atoms with Crippen molar-refractivity contribution in [1.29, 1.82) is 0 Å². The molecule has 128 valence electrons. The first-order valence-electron chi connectivity index (χ1n) is 6.77. The van der Waals surface area contributed by atoms with Gasteiger partial charge in [-0.3, -0.25) is 0 Å². The van der Waals surface area contributed by atoms with Crippen molar-refractivity contribution in [1.82, 2.24) is 0 Å². The first-order valence-corrected chi connectivity index (χ1v) is 8.25. The molecule has 0 saturated carbocycles. The van der Waals surface area contributed by atoms with Crippen LogP contribution in [-0.2, 0) is 19.4 Å². The second-order valence-corrected chi connectivity index (χ2v) is 6.60. The van der Waals surface area contributed by atoms with Crippen molar-refractivity contribution in [3.63, 3.8) is 0 Å². The van der Waals surface area contributed by atoms with Gasteiger partial charge in [0.25, 0.3) is 0 Å². The van der Waals surface area contributed by atoms with E-state index in [2.05, 4.69) is 4.74 Å². The maximum absolute atomic E-state index is 12.6. The third kappa shape index (κ3) is 3.99. The van der Waals surface area contributed by atoms with E-state index in [9.17, 15) is 13.2 Å². The van der Waals surface area contributed by atoms with E-state index in [-0.39, 0.29) is 9.79 Å². The summed E-state index contributed by atoms with van der Waals surface area (Å²) in [6, 6.07) is 10.5. The van der Waals surface area contributed by atoms with Gasteiger partial charge in [0.05, 0.1) is 29.6 Å². The molecule has 7 heteroatoms. The minimum Gasteiger partial charge on any atom is -0.497 e. The van der Waals surface area contributed by atoms with Gasteiger partial charge in [0.1, 0.15) is 12.5 Å². The Labute approximate surface area is 140 Å². The van der Waals surface area contributed by atoms with Crippen LogP contribution in [0.4, 0.5) is 0 Å². The number of hydrogen-bond donors (Lipinski definition) is 0. The van der Waals surface area contributed by atoms with Gasteiger partial charge in [0.15, 0.2) is 0 Å². The lowest BCUT2D eigenvalue weighted by Crippen LogP contribution is -2.07. The molecular weight excluding hydrogens is 332 g/mol. The minimum absolute atomic E-state index is 0.128. The molecule has 0 aliphatic rings. The number of rotatable bonds is 4. The first kappa shape index (κ1) is 19.4. The van der Waals surface area contributed by atoms with E-state index in [1.165, 1.54) is 44.6 Å². The van der Waals surface area contributed by atoms with E-state index in [1.807, 2.05) is 6.79 Å². The molecular formula is C17H18O6S. The number of ether oxygens (including phenoxy) is 2. The van der Waals surface area contributed by atoms with Gasteiger partial charge in [-0.05, 0) is 55.0 Å². The number of sulfone groups is 1. The molecule has 2 rings (SSSR count). The van der Waals surface area contributed by atoms with E-state index in [0.717, 1.165) is 0 Å². The van der Waals surface area contributed by atoms with Crippen molar-refractivity contribution >= 4 is 22.6 Å². The smallest absolute Gasteiger partial charge is 0.338 e. The van der Waals surface area contributed by atoms with E-state index in [4.69, 9.17) is 9.53 Å². The van der Waals surface area contributed by atoms with Crippen LogP contribution in [0.25, 0.3) is 0 Å². The average Bonchev–Trinajstić information content (AvgIpc) is 2.62. The number of carbonyl (C=O) groups is 2. The van der Waals surface area contributed by atoms with Crippen LogP contribution in [0.2, 0.25) is 0 Å². The van der Waals surface area contributed by atoms with Crippen molar-refractivity contribution in [2.24, 2.45) is 0 Å². The van der Waals surface area contributed by atoms with Crippen LogP contribution < -0.4 is 4.74 Å². The number of benzene rings is 2. The molecule has 0 bridgehead atoms. The molecule has 0 fully saturated rings. The topological polar surface area (TPSA) is 86.7 Å². The highest BCUT2D eigenvalue weighted by Crippen LogP contribution is 2.25. The molecule has 0 atom stereocenters. The summed E-state index contributed by atoms with van der Waals surface area (Å²) in [6.45, 7) is 3.67. The second-order valence-electron chi connectivity index (χ2n) is 4.65. The van der Waals surface area contributed by atoms with Gasteiger partial charge in [0.2, 0.25) is 9.84 Å². The highest BCUT2D eigenvalue weighted by molar-refractivity contribution is 7.91. The van der Waals surface area contributed by atoms with Gasteiger partial charge < -0.3 is 14.3 Å². The molecule has 0 radical (unpaired) electrons. The minimum atomic E-state index is -3.64. The average molecular weight is 350 g/mol. The van der Waals surface area contributed by atoms with Crippen molar-refractivity contribution in [2.75, 3.05) is 14.2 Å². The molecule has 0 unspecified atom stereocenters. The SMILES string of the molecule is C=O.COC(=O)c1ccc(S(=O)(=O)c2ccc(OC)cc2)cc1C. The summed E-state index contributed by atoms with van der Waals surface area (Å²) in [7, 11) is -0.849. The Morgan fingerprint density at radius 3 is 1.96 bits per heavy atom. The monoisotopic (exact) mass is 350 g/mol. The van der Waals surface area contributed by atoms with E-state index < -0.39 is 15.8 Å². The molecule has 24 heavy (non-hydrogen) atoms. The molecule has 0 aromatic heterocycles. The molecule has 0 heterocycles. The van der Waals surface area contributed by atoms with Crippen LogP contribution >= 0.6 is 0 Å². The number of hydrogen-bond acceptors (Lipinski definition) is 6. The Kier molecular flexibility index (Phi) is 6.67. The fraction of sp³-hybridized carbons (Fsp3) is 0.176. The number of carbonyl (C=O) groups excluding carboxylic acids is 2. The number of esters is 1. The van der Waals surface area contributed by atoms with Crippen LogP contribution in [0.3, 0.4) is 0 Å². The zero-order chi connectivity index (χ0) is 18.3. The molecule has 0 amide bonds. The van der Waals surface area contributed by atoms with Crippen LogP contribution in [0.1, 0.15) is 15.9 Å². The molecule has 2 aromatic rings. The van der Waals surface area contributed by atoms with Gasteiger partial charge in [-0.15, -0.1) is 0 Å². The van der Waals surface area contributed by atoms with Gasteiger partial charge >= 0.3 is 5.97 Å². The number of aryl methyl sites for hydroxylation is 1. The lowest BCUT2D eigenvalue weighted by molar-refractivity contribution is -0.0980. The van der Waals surface area contributed by atoms with E-state index >= 15 is 0 Å². The fourth-order valence-electron chi connectivity index (χ4n) is 2.03. The normalized spacial score (nSPS) is 10.3. The van der Waals surface area contributed by atoms with Crippen molar-refractivity contribution in [3.8, 4) is 5.75 Å². The van der Waals surface area contributed by atoms with E-state index in [1.54, 1.807) is 19.1 Å². The second kappa shape index (κ2) is 8.26. The Hall–Kier alpha value is -2.67. The van der Waals surface area contributed by atoms with Gasteiger partial charge in [0, 0.05) is 0 Å². The van der Waals surface area contributed by atoms with Gasteiger partial charge in [-0.1, -0.05) is 0 Å². The molecule has 2 aromatic carbocycles. The van der Waals surface area contributed by atoms with Crippen LogP contribution in [-0.4, -0.2) is 35.4 Å². The summed E-state index contributed by atoms with van der Waals surface area (Å²) in [5.41, 5.74) is 0.887. The Balaban J connectivity index is 0.00000139. The standard InChI is InChI=1S/C16H16O5S.CH2O/c1-11-10-14(8-9-15(11)16(17)21-3)22(18,19)13-6-4-12(20-2)5-7-13;1-2/h4-10H,1-3H3;1H2. The lowest BCUT2D eigenvalue weighted by Gasteiger charge is -2.09. The predicted octanol–water partition coefficient (Wildman–Crippen LogP) is 2.44. The zero-order valence-electron chi connectivity index (χ0n) is 13.6. The van der Waals surface area contributed by atoms with E-state index in [0.29, 0.717) is 16.9 Å². The first-order chi connectivity index (χ1) is 11.4. The lowest BCUT2D eigenvalue weighted by atomic mass is 10.1. The van der Waals surface area contributed by atoms with Gasteiger partial charge in [-0.25, -0.2) is 13.2 Å². The van der Waals surface area contributed by atoms with Crippen molar-refractivity contribution in [2.45, 2.75) is 16.7 Å². The molecule has 0 saturated heterocycles. The quantitative estimate of drug-likeness (QED) is 0.787. The molecule has 0 aliphatic carbocycles. The van der Waals surface area contributed by atoms with Gasteiger partial charge in [-0.2, -0.15) is 0 Å². The number of methoxy groups -OCH3 is 2. The third-order valence-corrected chi connectivity index (χ3v) is 5.05. The molecule has 0 spiro atoms. The zero-order valence-corrected chi connectivity index (χ0v) is 14.4. The molecule has 6 nitrogen and oxygen atoms in total. The third-order valence-electron chi connectivity index (χ3n) is 3.28. The maximum atomic E-state index is 12.6. The largest absolute Gasteiger partial charge is 0.497 e. The molecule has 0 aliphatic heterocycles. The van der Waals surface area contributed by atoms with Crippen LogP contribution in [0, 0.1) is 6.92 Å². The summed E-state index contributed by atoms with van der Waals surface area (Å²) in [5, 5.41) is 0. The summed E-state index contributed by atoms with van der Waals surface area (Å²) in [4.78, 5) is 19.8. The Bertz CT molecular complexity index is 809. The summed E-state index contributed by atoms with van der Waals surface area (Å²) < 4.78 is 34.8. The summed E-state index contributed by atoms with van der Waals surface area (Å²) >= 11 is 0. The highest BCUT2D eigenvalue weighted by atomic mass is 32.2. The van der Waals surface area contributed by atoms with Crippen LogP contribution in [0.5, 0.6) is 5.75 Å². The summed E-state index contributed by atoms with van der Waals surface area (Å²) in [5.74, 6) is 0.0852. The molecule has 0 N–H and O–H groups in total. The fourth-order valence-corrected chi connectivity index (χ4v) is 3.38. The van der Waals surface area contributed by atoms with Crippen molar-refractivity contribution < 1.29 is 27.5 Å². The Morgan fingerprint density at radius 1 is 0.958 bits per heavy atom. The van der Waals surface area contributed by atoms with Crippen LogP contribution in [0.15, 0.2) is 52.3 Å². The Morgan fingerprint density at radius 2 is 1.50 bits per heavy atom. The summed E-state index contributed by atoms with van der Waals surface area (Å²) in [6.07, 6.45) is 0. The van der Waals surface area contributed by atoms with Crippen molar-refractivity contribution in [3.05, 3.63) is 53.6 Å². The maximum Gasteiger partial charge on any atom is 0.338 e. The highest BCUT2D eigenvalue weighted by Gasteiger charge is 2.20.